The number of rotatable bonds is 4. The van der Waals surface area contributed by atoms with Gasteiger partial charge in [-0.15, -0.1) is 0 Å². The molecule has 1 aromatic heterocycles. The Bertz CT molecular complexity index is 281. The summed E-state index contributed by atoms with van der Waals surface area (Å²) < 4.78 is 1.71. The van der Waals surface area contributed by atoms with Crippen molar-refractivity contribution in [1.82, 2.24) is 20.4 Å². The van der Waals surface area contributed by atoms with E-state index in [0.717, 1.165) is 5.56 Å². The van der Waals surface area contributed by atoms with E-state index in [4.69, 9.17) is 0 Å². The molecule has 2 N–H and O–H groups in total. The van der Waals surface area contributed by atoms with Crippen molar-refractivity contribution in [3.63, 3.8) is 0 Å². The normalized spacial score (nSPS) is 10.0. The predicted octanol–water partition coefficient (Wildman–Crippen LogP) is -0.744. The summed E-state index contributed by atoms with van der Waals surface area (Å²) in [6, 6.07) is 0. The first kappa shape index (κ1) is 9.73. The van der Waals surface area contributed by atoms with Crippen LogP contribution in [0.5, 0.6) is 0 Å². The van der Waals surface area contributed by atoms with Gasteiger partial charge < -0.3 is 10.6 Å². The fourth-order valence-electron chi connectivity index (χ4n) is 0.987. The van der Waals surface area contributed by atoms with Crippen molar-refractivity contribution < 1.29 is 4.79 Å². The summed E-state index contributed by atoms with van der Waals surface area (Å²) in [4.78, 5) is 11.0. The van der Waals surface area contributed by atoms with Gasteiger partial charge in [0.15, 0.2) is 0 Å². The van der Waals surface area contributed by atoms with Gasteiger partial charge in [0.1, 0.15) is 0 Å². The number of nitrogens with one attached hydrogen (secondary N) is 2. The zero-order valence-electron chi connectivity index (χ0n) is 7.87. The highest BCUT2D eigenvalue weighted by Gasteiger charge is 1.99. The number of aryl methyl sites for hydroxylation is 1. The maximum absolute atomic E-state index is 11.0. The van der Waals surface area contributed by atoms with E-state index in [0.29, 0.717) is 13.1 Å². The van der Waals surface area contributed by atoms with Gasteiger partial charge >= 0.3 is 0 Å². The summed E-state index contributed by atoms with van der Waals surface area (Å²) in [5, 5.41) is 9.52. The molecule has 0 spiro atoms. The van der Waals surface area contributed by atoms with Crippen molar-refractivity contribution in [3.8, 4) is 0 Å². The van der Waals surface area contributed by atoms with Crippen LogP contribution in [0.1, 0.15) is 5.56 Å². The Labute approximate surface area is 77.1 Å². The lowest BCUT2D eigenvalue weighted by Crippen LogP contribution is -2.31. The Morgan fingerprint density at radius 2 is 2.46 bits per heavy atom. The molecular formula is C8H14N4O. The van der Waals surface area contributed by atoms with Crippen molar-refractivity contribution in [2.24, 2.45) is 7.05 Å². The topological polar surface area (TPSA) is 59.0 Å². The molecule has 0 fully saturated rings. The number of hydrogen-bond acceptors (Lipinski definition) is 3. The molecule has 0 saturated heterocycles. The number of aromatic nitrogens is 2. The quantitative estimate of drug-likeness (QED) is 0.644. The molecule has 13 heavy (non-hydrogen) atoms. The van der Waals surface area contributed by atoms with Crippen molar-refractivity contribution in [1.29, 1.82) is 0 Å². The van der Waals surface area contributed by atoms with Crippen LogP contribution < -0.4 is 10.6 Å². The highest BCUT2D eigenvalue weighted by atomic mass is 16.1. The molecular weight excluding hydrogens is 168 g/mol. The summed E-state index contributed by atoms with van der Waals surface area (Å²) in [6.45, 7) is 0.884. The standard InChI is InChI=1S/C8H14N4O/c1-9-5-8(13)10-3-7-4-11-12(2)6-7/h4,6,9H,3,5H2,1-2H3,(H,10,13). The van der Waals surface area contributed by atoms with Crippen LogP contribution in [0.25, 0.3) is 0 Å². The fraction of sp³-hybridized carbons (Fsp3) is 0.500. The van der Waals surface area contributed by atoms with E-state index in [2.05, 4.69) is 15.7 Å². The molecule has 0 atom stereocenters. The van der Waals surface area contributed by atoms with E-state index in [1.54, 1.807) is 17.9 Å². The van der Waals surface area contributed by atoms with Gasteiger partial charge in [0.05, 0.1) is 12.7 Å². The summed E-state index contributed by atoms with van der Waals surface area (Å²) in [6.07, 6.45) is 3.61. The largest absolute Gasteiger partial charge is 0.351 e. The van der Waals surface area contributed by atoms with Crippen LogP contribution in [0.4, 0.5) is 0 Å². The second-order valence-corrected chi connectivity index (χ2v) is 2.83. The molecule has 1 rings (SSSR count). The van der Waals surface area contributed by atoms with Crippen LogP contribution in [-0.4, -0.2) is 29.3 Å². The van der Waals surface area contributed by atoms with Crippen molar-refractivity contribution in [3.05, 3.63) is 18.0 Å². The van der Waals surface area contributed by atoms with E-state index >= 15 is 0 Å². The molecule has 5 nitrogen and oxygen atoms in total. The Hall–Kier alpha value is -1.36. The second kappa shape index (κ2) is 4.61. The minimum Gasteiger partial charge on any atom is -0.351 e. The van der Waals surface area contributed by atoms with Gasteiger partial charge in [0, 0.05) is 25.4 Å². The first-order valence-corrected chi connectivity index (χ1v) is 4.11. The highest BCUT2D eigenvalue weighted by molar-refractivity contribution is 5.77. The van der Waals surface area contributed by atoms with Gasteiger partial charge in [-0.05, 0) is 7.05 Å². The van der Waals surface area contributed by atoms with E-state index in [9.17, 15) is 4.79 Å². The fourth-order valence-corrected chi connectivity index (χ4v) is 0.987. The molecule has 72 valence electrons. The molecule has 0 aromatic carbocycles. The zero-order valence-corrected chi connectivity index (χ0v) is 7.87. The van der Waals surface area contributed by atoms with Crippen molar-refractivity contribution >= 4 is 5.91 Å². The second-order valence-electron chi connectivity index (χ2n) is 2.83. The zero-order chi connectivity index (χ0) is 9.68. The van der Waals surface area contributed by atoms with E-state index in [1.807, 2.05) is 13.2 Å². The summed E-state index contributed by atoms with van der Waals surface area (Å²) in [5.41, 5.74) is 1.01. The molecule has 0 saturated carbocycles. The van der Waals surface area contributed by atoms with Gasteiger partial charge in [-0.2, -0.15) is 5.10 Å². The third-order valence-electron chi connectivity index (χ3n) is 1.59. The van der Waals surface area contributed by atoms with Crippen molar-refractivity contribution in [2.45, 2.75) is 6.54 Å². The van der Waals surface area contributed by atoms with Gasteiger partial charge in [0.2, 0.25) is 5.91 Å². The van der Waals surface area contributed by atoms with Crippen LogP contribution in [0.2, 0.25) is 0 Å². The third kappa shape index (κ3) is 3.25. The number of amides is 1. The average Bonchev–Trinajstić information content (AvgIpc) is 2.49. The summed E-state index contributed by atoms with van der Waals surface area (Å²) in [7, 11) is 3.59. The van der Waals surface area contributed by atoms with Gasteiger partial charge in [0.25, 0.3) is 0 Å². The monoisotopic (exact) mass is 182 g/mol. The maximum atomic E-state index is 11.0. The predicted molar refractivity (Wildman–Crippen MR) is 49.0 cm³/mol. The maximum Gasteiger partial charge on any atom is 0.234 e. The molecule has 5 heteroatoms. The molecule has 0 unspecified atom stereocenters. The molecule has 1 heterocycles. The average molecular weight is 182 g/mol. The third-order valence-corrected chi connectivity index (χ3v) is 1.59. The Morgan fingerprint density at radius 3 is 3.00 bits per heavy atom. The molecule has 1 aromatic rings. The minimum absolute atomic E-state index is 0.00801. The summed E-state index contributed by atoms with van der Waals surface area (Å²) >= 11 is 0. The van der Waals surface area contributed by atoms with Crippen LogP contribution in [0, 0.1) is 0 Å². The van der Waals surface area contributed by atoms with Gasteiger partial charge in [-0.1, -0.05) is 0 Å². The summed E-state index contributed by atoms with van der Waals surface area (Å²) in [5.74, 6) is -0.00801. The number of carbonyl (C=O) groups is 1. The Kier molecular flexibility index (Phi) is 3.45. The lowest BCUT2D eigenvalue weighted by atomic mass is 10.3. The van der Waals surface area contributed by atoms with E-state index in [1.165, 1.54) is 0 Å². The van der Waals surface area contributed by atoms with Crippen molar-refractivity contribution in [2.75, 3.05) is 13.6 Å². The number of carbonyl (C=O) groups excluding carboxylic acids is 1. The van der Waals surface area contributed by atoms with E-state index < -0.39 is 0 Å². The lowest BCUT2D eigenvalue weighted by molar-refractivity contribution is -0.120. The smallest absolute Gasteiger partial charge is 0.234 e. The lowest BCUT2D eigenvalue weighted by Gasteiger charge is -2.01. The minimum atomic E-state index is -0.00801. The van der Waals surface area contributed by atoms with E-state index in [-0.39, 0.29) is 5.91 Å². The number of likely N-dealkylation sites (N-methyl/N-ethyl adjacent to an activating group) is 1. The SMILES string of the molecule is CNCC(=O)NCc1cnn(C)c1. The van der Waals surface area contributed by atoms with Crippen LogP contribution in [0.15, 0.2) is 12.4 Å². The van der Waals surface area contributed by atoms with Gasteiger partial charge in [-0.25, -0.2) is 0 Å². The molecule has 1 amide bonds. The highest BCUT2D eigenvalue weighted by Crippen LogP contribution is 1.94. The number of hydrogen-bond donors (Lipinski definition) is 2. The molecule has 0 bridgehead atoms. The van der Waals surface area contributed by atoms with Gasteiger partial charge in [-0.3, -0.25) is 9.48 Å². The number of nitrogens with zero attached hydrogens (tertiary/aromatic N) is 2. The Morgan fingerprint density at radius 1 is 1.69 bits per heavy atom. The molecule has 0 aliphatic rings. The molecule has 0 radical (unpaired) electrons. The first-order valence-electron chi connectivity index (χ1n) is 4.11. The van der Waals surface area contributed by atoms with Crippen LogP contribution >= 0.6 is 0 Å². The molecule has 0 aliphatic carbocycles. The molecule has 0 aliphatic heterocycles. The van der Waals surface area contributed by atoms with Crippen LogP contribution in [0.3, 0.4) is 0 Å². The van der Waals surface area contributed by atoms with Crippen LogP contribution in [-0.2, 0) is 18.4 Å². The first-order chi connectivity index (χ1) is 6.22. The Balaban J connectivity index is 2.30.